The lowest BCUT2D eigenvalue weighted by molar-refractivity contribution is 0.168. The van der Waals surface area contributed by atoms with Gasteiger partial charge < -0.3 is 14.8 Å². The number of aromatic nitrogens is 4. The lowest BCUT2D eigenvalue weighted by Gasteiger charge is -2.26. The number of H-pyrrole nitrogens is 1. The van der Waals surface area contributed by atoms with Crippen LogP contribution in [0.3, 0.4) is 0 Å². The van der Waals surface area contributed by atoms with E-state index in [-0.39, 0.29) is 6.10 Å². The lowest BCUT2D eigenvalue weighted by Crippen LogP contribution is -2.17. The molecule has 0 bridgehead atoms. The first kappa shape index (κ1) is 21.0. The van der Waals surface area contributed by atoms with Crippen LogP contribution < -0.4 is 14.8 Å². The van der Waals surface area contributed by atoms with Gasteiger partial charge >= 0.3 is 0 Å². The molecule has 2 N–H and O–H groups in total. The summed E-state index contributed by atoms with van der Waals surface area (Å²) in [7, 11) is 0. The maximum absolute atomic E-state index is 6.24. The Kier molecular flexibility index (Phi) is 6.47. The van der Waals surface area contributed by atoms with Crippen molar-refractivity contribution in [2.75, 3.05) is 11.9 Å². The molecule has 1 atom stereocenters. The van der Waals surface area contributed by atoms with Crippen LogP contribution in [0.2, 0.25) is 0 Å². The second-order valence-electron chi connectivity index (χ2n) is 8.15. The first-order valence-electron chi connectivity index (χ1n) is 11.4. The number of tetrazole rings is 1. The molecule has 1 aliphatic heterocycles. The van der Waals surface area contributed by atoms with E-state index in [1.54, 1.807) is 0 Å². The standard InChI is InChI=1S/C26H27N5O2/c1-2-7-19(8-3-1)9-4-5-18-32-22-15-13-21(14-16-22)27-23-11-6-10-20-12-17-24(33-25(20)23)26-28-30-31-29-26/h1-3,6-8,10-11,13-16,24,27H,4-5,9,12,17-18H2,(H,28,29,30,31). The number of nitrogens with one attached hydrogen (secondary N) is 2. The Morgan fingerprint density at radius 3 is 2.67 bits per heavy atom. The fourth-order valence-corrected chi connectivity index (χ4v) is 4.05. The summed E-state index contributed by atoms with van der Waals surface area (Å²) in [6, 6.07) is 24.8. The van der Waals surface area contributed by atoms with Gasteiger partial charge in [-0.25, -0.2) is 0 Å². The average Bonchev–Trinajstić information content (AvgIpc) is 3.41. The lowest BCUT2D eigenvalue weighted by atomic mass is 10.0. The van der Waals surface area contributed by atoms with Crippen molar-refractivity contribution in [2.45, 2.75) is 38.2 Å². The molecule has 33 heavy (non-hydrogen) atoms. The van der Waals surface area contributed by atoms with E-state index in [4.69, 9.17) is 9.47 Å². The fourth-order valence-electron chi connectivity index (χ4n) is 4.05. The van der Waals surface area contributed by atoms with Gasteiger partial charge in [-0.2, -0.15) is 5.21 Å². The van der Waals surface area contributed by atoms with E-state index < -0.39 is 0 Å². The molecule has 0 amide bonds. The van der Waals surface area contributed by atoms with E-state index in [2.05, 4.69) is 62.3 Å². The monoisotopic (exact) mass is 441 g/mol. The van der Waals surface area contributed by atoms with Gasteiger partial charge in [0, 0.05) is 5.69 Å². The summed E-state index contributed by atoms with van der Waals surface area (Å²) >= 11 is 0. The number of nitrogens with zero attached hydrogens (tertiary/aromatic N) is 3. The van der Waals surface area contributed by atoms with Gasteiger partial charge in [-0.3, -0.25) is 0 Å². The van der Waals surface area contributed by atoms with Crippen LogP contribution in [0.1, 0.15) is 42.3 Å². The number of rotatable bonds is 9. The summed E-state index contributed by atoms with van der Waals surface area (Å²) in [6.45, 7) is 0.719. The number of hydrogen-bond donors (Lipinski definition) is 2. The number of para-hydroxylation sites is 1. The van der Waals surface area contributed by atoms with Gasteiger partial charge in [-0.05, 0) is 73.6 Å². The van der Waals surface area contributed by atoms with Crippen LogP contribution in [0.4, 0.5) is 11.4 Å². The first-order valence-corrected chi connectivity index (χ1v) is 11.4. The Morgan fingerprint density at radius 2 is 1.85 bits per heavy atom. The minimum atomic E-state index is -0.197. The summed E-state index contributed by atoms with van der Waals surface area (Å²) in [6.07, 6.45) is 4.77. The molecule has 4 aromatic rings. The smallest absolute Gasteiger partial charge is 0.214 e. The molecule has 2 heterocycles. The van der Waals surface area contributed by atoms with E-state index in [0.29, 0.717) is 5.82 Å². The highest BCUT2D eigenvalue weighted by Gasteiger charge is 2.26. The van der Waals surface area contributed by atoms with Crippen LogP contribution >= 0.6 is 0 Å². The van der Waals surface area contributed by atoms with E-state index in [9.17, 15) is 0 Å². The zero-order valence-corrected chi connectivity index (χ0v) is 18.4. The molecule has 0 radical (unpaired) electrons. The molecule has 1 aliphatic rings. The van der Waals surface area contributed by atoms with Crippen molar-refractivity contribution >= 4 is 11.4 Å². The van der Waals surface area contributed by atoms with Crippen LogP contribution in [0.5, 0.6) is 11.5 Å². The maximum Gasteiger partial charge on any atom is 0.214 e. The molecule has 7 nitrogen and oxygen atoms in total. The predicted octanol–water partition coefficient (Wildman–Crippen LogP) is 5.41. The molecule has 1 unspecified atom stereocenters. The fraction of sp³-hybridized carbons (Fsp3) is 0.269. The van der Waals surface area contributed by atoms with Crippen molar-refractivity contribution < 1.29 is 9.47 Å². The predicted molar refractivity (Wildman–Crippen MR) is 127 cm³/mol. The molecule has 5 rings (SSSR count). The van der Waals surface area contributed by atoms with Gasteiger partial charge in [0.25, 0.3) is 0 Å². The Bertz CT molecular complexity index is 1150. The van der Waals surface area contributed by atoms with Gasteiger partial charge in [0.2, 0.25) is 5.82 Å². The Balaban J connectivity index is 1.15. The number of benzene rings is 3. The first-order chi connectivity index (χ1) is 16.3. The molecule has 168 valence electrons. The van der Waals surface area contributed by atoms with Crippen molar-refractivity contribution in [3.8, 4) is 11.5 Å². The average molecular weight is 442 g/mol. The van der Waals surface area contributed by atoms with Crippen molar-refractivity contribution in [2.24, 2.45) is 0 Å². The van der Waals surface area contributed by atoms with Crippen LogP contribution in [0, 0.1) is 0 Å². The third kappa shape index (κ3) is 5.31. The second-order valence-corrected chi connectivity index (χ2v) is 8.15. The molecule has 0 spiro atoms. The highest BCUT2D eigenvalue weighted by Crippen LogP contribution is 2.40. The summed E-state index contributed by atoms with van der Waals surface area (Å²) in [5.74, 6) is 2.31. The summed E-state index contributed by atoms with van der Waals surface area (Å²) in [5.41, 5.74) is 4.46. The van der Waals surface area contributed by atoms with Gasteiger partial charge in [0.05, 0.1) is 12.3 Å². The molecule has 0 fully saturated rings. The van der Waals surface area contributed by atoms with Crippen LogP contribution in [0.15, 0.2) is 72.8 Å². The Morgan fingerprint density at radius 1 is 0.970 bits per heavy atom. The minimum absolute atomic E-state index is 0.197. The number of aromatic amines is 1. The van der Waals surface area contributed by atoms with Crippen LogP contribution in [-0.4, -0.2) is 27.2 Å². The normalized spacial score (nSPS) is 14.8. The summed E-state index contributed by atoms with van der Waals surface area (Å²) < 4.78 is 12.2. The molecular weight excluding hydrogens is 414 g/mol. The topological polar surface area (TPSA) is 85.0 Å². The van der Waals surface area contributed by atoms with Gasteiger partial charge in [-0.1, -0.05) is 47.7 Å². The second kappa shape index (κ2) is 10.2. The SMILES string of the molecule is c1ccc(CCCCOc2ccc(Nc3cccc4c3OC(c3nn[nH]n3)CC4)cc2)cc1. The third-order valence-electron chi connectivity index (χ3n) is 5.79. The number of anilines is 2. The van der Waals surface area contributed by atoms with E-state index in [1.165, 1.54) is 11.1 Å². The highest BCUT2D eigenvalue weighted by molar-refractivity contribution is 5.69. The molecule has 3 aromatic carbocycles. The summed E-state index contributed by atoms with van der Waals surface area (Å²) in [4.78, 5) is 0. The van der Waals surface area contributed by atoms with Gasteiger partial charge in [-0.15, -0.1) is 10.2 Å². The number of hydrogen-bond acceptors (Lipinski definition) is 6. The number of ether oxygens (including phenoxy) is 2. The van der Waals surface area contributed by atoms with Crippen LogP contribution in [0.25, 0.3) is 0 Å². The van der Waals surface area contributed by atoms with Crippen LogP contribution in [-0.2, 0) is 12.8 Å². The van der Waals surface area contributed by atoms with Crippen molar-refractivity contribution in [3.63, 3.8) is 0 Å². The number of aryl methyl sites for hydroxylation is 2. The quantitative estimate of drug-likeness (QED) is 0.338. The zero-order valence-electron chi connectivity index (χ0n) is 18.4. The van der Waals surface area contributed by atoms with E-state index in [1.807, 2.05) is 36.4 Å². The minimum Gasteiger partial charge on any atom is -0.494 e. The summed E-state index contributed by atoms with van der Waals surface area (Å²) in [5, 5.41) is 17.8. The largest absolute Gasteiger partial charge is 0.494 e. The zero-order chi connectivity index (χ0) is 22.3. The van der Waals surface area contributed by atoms with Crippen molar-refractivity contribution in [3.05, 3.63) is 89.7 Å². The molecular formula is C26H27N5O2. The molecule has 7 heteroatoms. The van der Waals surface area contributed by atoms with E-state index >= 15 is 0 Å². The molecule has 0 saturated heterocycles. The Hall–Kier alpha value is -3.87. The third-order valence-corrected chi connectivity index (χ3v) is 5.79. The Labute approximate surface area is 193 Å². The molecule has 0 saturated carbocycles. The maximum atomic E-state index is 6.24. The highest BCUT2D eigenvalue weighted by atomic mass is 16.5. The number of unbranched alkanes of at least 4 members (excludes halogenated alkanes) is 1. The molecule has 1 aromatic heterocycles. The number of fused-ring (bicyclic) bond motifs is 1. The molecule has 0 aliphatic carbocycles. The van der Waals surface area contributed by atoms with E-state index in [0.717, 1.165) is 61.6 Å². The van der Waals surface area contributed by atoms with Gasteiger partial charge in [0.15, 0.2) is 6.10 Å². The van der Waals surface area contributed by atoms with Gasteiger partial charge in [0.1, 0.15) is 11.5 Å². The van der Waals surface area contributed by atoms with Crippen molar-refractivity contribution in [1.29, 1.82) is 0 Å². The van der Waals surface area contributed by atoms with Crippen molar-refractivity contribution in [1.82, 2.24) is 20.6 Å².